The van der Waals surface area contributed by atoms with Crippen molar-refractivity contribution < 1.29 is 9.21 Å². The summed E-state index contributed by atoms with van der Waals surface area (Å²) in [7, 11) is 0. The molecule has 1 aromatic heterocycles. The van der Waals surface area contributed by atoms with Crippen molar-refractivity contribution in [2.75, 3.05) is 0 Å². The van der Waals surface area contributed by atoms with E-state index < -0.39 is 0 Å². The highest BCUT2D eigenvalue weighted by Gasteiger charge is 2.36. The van der Waals surface area contributed by atoms with Crippen molar-refractivity contribution in [1.82, 2.24) is 0 Å². The molecule has 0 aliphatic carbocycles. The first-order valence-electron chi connectivity index (χ1n) is 6.57. The fraction of sp³-hybridized carbons (Fsp3) is 0.688. The highest BCUT2D eigenvalue weighted by atomic mass is 16.3. The molecule has 0 amide bonds. The van der Waals surface area contributed by atoms with Gasteiger partial charge in [0, 0.05) is 11.0 Å². The van der Waals surface area contributed by atoms with Gasteiger partial charge in [0.15, 0.2) is 5.76 Å². The standard InChI is InChI=1S/C16H26O2/c1-10-11(2)13(18-12(10)3)14(17)16(7,8)9-15(4,5)6/h9H2,1-8H3. The Morgan fingerprint density at radius 2 is 1.50 bits per heavy atom. The fourth-order valence-electron chi connectivity index (χ4n) is 2.67. The van der Waals surface area contributed by atoms with Crippen LogP contribution in [0.3, 0.4) is 0 Å². The van der Waals surface area contributed by atoms with E-state index in [1.165, 1.54) is 0 Å². The SMILES string of the molecule is Cc1oc(C(=O)C(C)(C)CC(C)(C)C)c(C)c1C. The third-order valence-corrected chi connectivity index (χ3v) is 3.48. The molecule has 0 aliphatic heterocycles. The van der Waals surface area contributed by atoms with Gasteiger partial charge in [-0.05, 0) is 38.2 Å². The van der Waals surface area contributed by atoms with Crippen molar-refractivity contribution in [3.8, 4) is 0 Å². The lowest BCUT2D eigenvalue weighted by atomic mass is 9.73. The predicted octanol–water partition coefficient (Wildman–Crippen LogP) is 4.85. The van der Waals surface area contributed by atoms with E-state index >= 15 is 0 Å². The van der Waals surface area contributed by atoms with Crippen LogP contribution in [0.1, 0.15) is 68.5 Å². The molecule has 1 rings (SSSR count). The molecule has 2 heteroatoms. The molecule has 1 heterocycles. The van der Waals surface area contributed by atoms with Gasteiger partial charge in [-0.25, -0.2) is 0 Å². The summed E-state index contributed by atoms with van der Waals surface area (Å²) in [5.74, 6) is 1.51. The molecule has 18 heavy (non-hydrogen) atoms. The minimum absolute atomic E-state index is 0.117. The van der Waals surface area contributed by atoms with Crippen molar-refractivity contribution >= 4 is 5.78 Å². The Morgan fingerprint density at radius 1 is 1.00 bits per heavy atom. The number of Topliss-reactive ketones (excluding diaryl/α,β-unsaturated/α-hetero) is 1. The molecule has 102 valence electrons. The summed E-state index contributed by atoms with van der Waals surface area (Å²) >= 11 is 0. The highest BCUT2D eigenvalue weighted by Crippen LogP contribution is 2.37. The van der Waals surface area contributed by atoms with Gasteiger partial charge in [-0.1, -0.05) is 34.6 Å². The minimum atomic E-state index is -0.389. The Morgan fingerprint density at radius 3 is 1.83 bits per heavy atom. The molecule has 0 fully saturated rings. The van der Waals surface area contributed by atoms with Gasteiger partial charge in [0.25, 0.3) is 0 Å². The van der Waals surface area contributed by atoms with Gasteiger partial charge < -0.3 is 4.42 Å². The smallest absolute Gasteiger partial charge is 0.203 e. The van der Waals surface area contributed by atoms with Crippen molar-refractivity contribution in [3.63, 3.8) is 0 Å². The number of furan rings is 1. The summed E-state index contributed by atoms with van der Waals surface area (Å²) in [6, 6.07) is 0. The van der Waals surface area contributed by atoms with E-state index in [0.717, 1.165) is 23.3 Å². The Bertz CT molecular complexity index is 456. The van der Waals surface area contributed by atoms with Crippen LogP contribution < -0.4 is 0 Å². The number of hydrogen-bond donors (Lipinski definition) is 0. The third-order valence-electron chi connectivity index (χ3n) is 3.48. The van der Waals surface area contributed by atoms with Crippen molar-refractivity contribution in [2.45, 2.75) is 61.8 Å². The summed E-state index contributed by atoms with van der Waals surface area (Å²) in [5.41, 5.74) is 1.81. The van der Waals surface area contributed by atoms with Crippen LogP contribution in [0.4, 0.5) is 0 Å². The topological polar surface area (TPSA) is 30.2 Å². The summed E-state index contributed by atoms with van der Waals surface area (Å²) < 4.78 is 5.66. The van der Waals surface area contributed by atoms with E-state index in [0.29, 0.717) is 5.76 Å². The predicted molar refractivity (Wildman–Crippen MR) is 75.1 cm³/mol. The zero-order valence-electron chi connectivity index (χ0n) is 13.0. The van der Waals surface area contributed by atoms with Crippen molar-refractivity contribution in [2.24, 2.45) is 10.8 Å². The molecule has 0 spiro atoms. The summed E-state index contributed by atoms with van der Waals surface area (Å²) in [6.45, 7) is 16.4. The lowest BCUT2D eigenvalue weighted by Crippen LogP contribution is -2.29. The molecule has 0 bridgehead atoms. The number of aryl methyl sites for hydroxylation is 1. The Labute approximate surface area is 111 Å². The molecule has 0 saturated heterocycles. The normalized spacial score (nSPS) is 12.9. The number of ketones is 1. The number of rotatable bonds is 3. The monoisotopic (exact) mass is 250 g/mol. The van der Waals surface area contributed by atoms with E-state index in [-0.39, 0.29) is 16.6 Å². The van der Waals surface area contributed by atoms with Gasteiger partial charge in [0.1, 0.15) is 5.76 Å². The zero-order chi connectivity index (χ0) is 14.3. The van der Waals surface area contributed by atoms with Crippen LogP contribution in [-0.4, -0.2) is 5.78 Å². The van der Waals surface area contributed by atoms with Gasteiger partial charge in [-0.3, -0.25) is 4.79 Å². The largest absolute Gasteiger partial charge is 0.458 e. The van der Waals surface area contributed by atoms with Gasteiger partial charge in [-0.2, -0.15) is 0 Å². The molecule has 1 aromatic rings. The average Bonchev–Trinajstić information content (AvgIpc) is 2.41. The minimum Gasteiger partial charge on any atom is -0.458 e. The Balaban J connectivity index is 3.10. The molecule has 2 nitrogen and oxygen atoms in total. The quantitative estimate of drug-likeness (QED) is 0.718. The first-order chi connectivity index (χ1) is 7.96. The van der Waals surface area contributed by atoms with Gasteiger partial charge in [0.2, 0.25) is 5.78 Å². The second kappa shape index (κ2) is 4.56. The van der Waals surface area contributed by atoms with E-state index in [1.54, 1.807) is 0 Å². The summed E-state index contributed by atoms with van der Waals surface area (Å²) in [4.78, 5) is 12.6. The zero-order valence-corrected chi connectivity index (χ0v) is 13.0. The molecule has 0 aliphatic rings. The van der Waals surface area contributed by atoms with Crippen LogP contribution in [0.5, 0.6) is 0 Å². The van der Waals surface area contributed by atoms with E-state index in [9.17, 15) is 4.79 Å². The van der Waals surface area contributed by atoms with E-state index in [4.69, 9.17) is 4.42 Å². The Hall–Kier alpha value is -1.05. The van der Waals surface area contributed by atoms with Gasteiger partial charge >= 0.3 is 0 Å². The van der Waals surface area contributed by atoms with Crippen molar-refractivity contribution in [1.29, 1.82) is 0 Å². The first kappa shape index (κ1) is 15.0. The van der Waals surface area contributed by atoms with Crippen LogP contribution in [-0.2, 0) is 0 Å². The molecule has 0 unspecified atom stereocenters. The van der Waals surface area contributed by atoms with Gasteiger partial charge in [0.05, 0.1) is 0 Å². The third kappa shape index (κ3) is 3.04. The lowest BCUT2D eigenvalue weighted by Gasteiger charge is -2.30. The molecule has 0 aromatic carbocycles. The lowest BCUT2D eigenvalue weighted by molar-refractivity contribution is 0.0737. The van der Waals surface area contributed by atoms with E-state index in [1.807, 2.05) is 34.6 Å². The first-order valence-corrected chi connectivity index (χ1v) is 6.57. The maximum absolute atomic E-state index is 12.6. The van der Waals surface area contributed by atoms with Crippen LogP contribution in [0, 0.1) is 31.6 Å². The maximum Gasteiger partial charge on any atom is 0.203 e. The average molecular weight is 250 g/mol. The molecule has 0 radical (unpaired) electrons. The molecule has 0 saturated carbocycles. The maximum atomic E-state index is 12.6. The molecular weight excluding hydrogens is 224 g/mol. The second-order valence-electron chi connectivity index (χ2n) is 7.19. The number of carbonyl (C=O) groups is 1. The molecular formula is C16H26O2. The second-order valence-corrected chi connectivity index (χ2v) is 7.19. The molecule has 0 N–H and O–H groups in total. The van der Waals surface area contributed by atoms with E-state index in [2.05, 4.69) is 20.8 Å². The Kier molecular flexibility index (Phi) is 3.81. The fourth-order valence-corrected chi connectivity index (χ4v) is 2.67. The van der Waals surface area contributed by atoms with Crippen LogP contribution in [0.15, 0.2) is 4.42 Å². The van der Waals surface area contributed by atoms with Crippen LogP contribution >= 0.6 is 0 Å². The number of hydrogen-bond acceptors (Lipinski definition) is 2. The summed E-state index contributed by atoms with van der Waals surface area (Å²) in [6.07, 6.45) is 0.844. The van der Waals surface area contributed by atoms with Crippen LogP contribution in [0.2, 0.25) is 0 Å². The summed E-state index contributed by atoms with van der Waals surface area (Å²) in [5, 5.41) is 0. The van der Waals surface area contributed by atoms with Crippen LogP contribution in [0.25, 0.3) is 0 Å². The molecule has 0 atom stereocenters. The van der Waals surface area contributed by atoms with Gasteiger partial charge in [-0.15, -0.1) is 0 Å². The highest BCUT2D eigenvalue weighted by molar-refractivity contribution is 5.99. The van der Waals surface area contributed by atoms with Crippen molar-refractivity contribution in [3.05, 3.63) is 22.6 Å². The number of carbonyl (C=O) groups excluding carboxylic acids is 1.